The van der Waals surface area contributed by atoms with Crippen molar-refractivity contribution in [3.63, 3.8) is 0 Å². The van der Waals surface area contributed by atoms with Crippen LogP contribution in [0.5, 0.6) is 5.75 Å². The highest BCUT2D eigenvalue weighted by Crippen LogP contribution is 2.40. The number of aryl methyl sites for hydroxylation is 1. The van der Waals surface area contributed by atoms with Crippen molar-refractivity contribution in [2.45, 2.75) is 31.9 Å². The molecule has 0 aromatic heterocycles. The van der Waals surface area contributed by atoms with Gasteiger partial charge in [-0.05, 0) is 49.6 Å². The average molecular weight is 434 g/mol. The number of nitrogens with zero attached hydrogens (tertiary/aromatic N) is 1. The lowest BCUT2D eigenvalue weighted by molar-refractivity contribution is -0.140. The van der Waals surface area contributed by atoms with Crippen molar-refractivity contribution in [2.24, 2.45) is 0 Å². The Hall–Kier alpha value is -3.38. The fraction of sp³-hybridized carbons (Fsp3) is 0.308. The monoisotopic (exact) mass is 433 g/mol. The van der Waals surface area contributed by atoms with E-state index in [1.54, 1.807) is 30.3 Å². The fourth-order valence-corrected chi connectivity index (χ4v) is 4.19. The topological polar surface area (TPSA) is 76.1 Å². The molecule has 2 atom stereocenters. The molecule has 166 valence electrons. The first kappa shape index (κ1) is 21.8. The molecule has 2 aliphatic rings. The number of hydrogen-bond donors (Lipinski definition) is 1. The van der Waals surface area contributed by atoms with E-state index < -0.39 is 17.7 Å². The van der Waals surface area contributed by atoms with Crippen LogP contribution in [0.25, 0.3) is 5.76 Å². The van der Waals surface area contributed by atoms with Crippen molar-refractivity contribution >= 4 is 17.4 Å². The van der Waals surface area contributed by atoms with Gasteiger partial charge in [0.2, 0.25) is 0 Å². The normalized spacial score (nSPS) is 22.3. The van der Waals surface area contributed by atoms with Gasteiger partial charge in [0.1, 0.15) is 18.1 Å². The number of benzene rings is 2. The van der Waals surface area contributed by atoms with Gasteiger partial charge in [0, 0.05) is 18.7 Å². The highest BCUT2D eigenvalue weighted by molar-refractivity contribution is 6.46. The Kier molecular flexibility index (Phi) is 6.42. The van der Waals surface area contributed by atoms with E-state index >= 15 is 0 Å². The predicted octanol–water partition coefficient (Wildman–Crippen LogP) is 4.16. The van der Waals surface area contributed by atoms with E-state index in [2.05, 4.69) is 6.58 Å². The molecule has 2 unspecified atom stereocenters. The second-order valence-electron chi connectivity index (χ2n) is 8.12. The Morgan fingerprint density at radius 2 is 1.91 bits per heavy atom. The number of ether oxygens (including phenoxy) is 2. The van der Waals surface area contributed by atoms with E-state index in [0.717, 1.165) is 24.0 Å². The van der Waals surface area contributed by atoms with Crippen LogP contribution in [0, 0.1) is 6.92 Å². The molecule has 2 aromatic carbocycles. The Morgan fingerprint density at radius 1 is 1.19 bits per heavy atom. The number of carbonyl (C=O) groups excluding carboxylic acids is 2. The molecule has 32 heavy (non-hydrogen) atoms. The molecular formula is C26H27NO5. The van der Waals surface area contributed by atoms with Gasteiger partial charge in [-0.1, -0.05) is 42.5 Å². The molecule has 4 rings (SSSR count). The van der Waals surface area contributed by atoms with Crippen LogP contribution in [-0.2, 0) is 14.3 Å². The molecule has 6 heteroatoms. The molecule has 0 aliphatic carbocycles. The lowest BCUT2D eigenvalue weighted by Crippen LogP contribution is -2.36. The summed E-state index contributed by atoms with van der Waals surface area (Å²) in [6, 6.07) is 13.8. The smallest absolute Gasteiger partial charge is 0.295 e. The van der Waals surface area contributed by atoms with Crippen LogP contribution in [0.15, 0.2) is 66.8 Å². The molecule has 1 amide bonds. The number of amides is 1. The third kappa shape index (κ3) is 4.32. The standard InChI is InChI=1S/C26H27NO5/c1-3-14-31-20-12-10-19(11-13-20)24(28)22-23(18-8-6-17(2)7-9-18)27(26(30)25(22)29)16-21-5-4-15-32-21/h3,6-13,21,23,28H,1,4-5,14-16H2,2H3/b24-22+. The molecule has 0 saturated carbocycles. The van der Waals surface area contributed by atoms with Gasteiger partial charge in [-0.25, -0.2) is 0 Å². The van der Waals surface area contributed by atoms with E-state index in [9.17, 15) is 14.7 Å². The first-order valence-electron chi connectivity index (χ1n) is 10.8. The van der Waals surface area contributed by atoms with Gasteiger partial charge in [0.15, 0.2) is 0 Å². The number of hydrogen-bond acceptors (Lipinski definition) is 5. The molecule has 2 aliphatic heterocycles. The molecule has 1 N–H and O–H groups in total. The SMILES string of the molecule is C=CCOc1ccc(/C(O)=C2\C(=O)C(=O)N(CC3CCCO3)C2c2ccc(C)cc2)cc1. The Labute approximate surface area is 187 Å². The lowest BCUT2D eigenvalue weighted by atomic mass is 9.94. The number of ketones is 1. The van der Waals surface area contributed by atoms with Gasteiger partial charge in [0.05, 0.1) is 17.7 Å². The van der Waals surface area contributed by atoms with Crippen molar-refractivity contribution in [1.82, 2.24) is 4.90 Å². The molecule has 0 radical (unpaired) electrons. The molecule has 2 heterocycles. The number of Topliss-reactive ketones (excluding diaryl/α,β-unsaturated/α-hetero) is 1. The lowest BCUT2D eigenvalue weighted by Gasteiger charge is -2.27. The summed E-state index contributed by atoms with van der Waals surface area (Å²) in [4.78, 5) is 27.6. The van der Waals surface area contributed by atoms with Crippen LogP contribution in [0.1, 0.15) is 35.6 Å². The number of rotatable bonds is 7. The van der Waals surface area contributed by atoms with Gasteiger partial charge in [-0.2, -0.15) is 0 Å². The summed E-state index contributed by atoms with van der Waals surface area (Å²) < 4.78 is 11.2. The van der Waals surface area contributed by atoms with Gasteiger partial charge in [-0.3, -0.25) is 9.59 Å². The van der Waals surface area contributed by atoms with Crippen LogP contribution >= 0.6 is 0 Å². The fourth-order valence-electron chi connectivity index (χ4n) is 4.19. The van der Waals surface area contributed by atoms with Crippen LogP contribution in [0.3, 0.4) is 0 Å². The minimum atomic E-state index is -0.682. The molecule has 0 bridgehead atoms. The summed E-state index contributed by atoms with van der Waals surface area (Å²) in [5.74, 6) is -0.869. The molecule has 2 saturated heterocycles. The minimum Gasteiger partial charge on any atom is -0.507 e. The summed E-state index contributed by atoms with van der Waals surface area (Å²) >= 11 is 0. The second kappa shape index (κ2) is 9.40. The maximum Gasteiger partial charge on any atom is 0.295 e. The van der Waals surface area contributed by atoms with Crippen LogP contribution < -0.4 is 4.74 Å². The minimum absolute atomic E-state index is 0.0941. The van der Waals surface area contributed by atoms with Gasteiger partial charge < -0.3 is 19.5 Å². The summed E-state index contributed by atoms with van der Waals surface area (Å²) in [7, 11) is 0. The number of carbonyl (C=O) groups is 2. The van der Waals surface area contributed by atoms with Gasteiger partial charge >= 0.3 is 0 Å². The summed E-state index contributed by atoms with van der Waals surface area (Å²) in [6.45, 7) is 6.93. The molecule has 6 nitrogen and oxygen atoms in total. The highest BCUT2D eigenvalue weighted by atomic mass is 16.5. The second-order valence-corrected chi connectivity index (χ2v) is 8.12. The van der Waals surface area contributed by atoms with Crippen molar-refractivity contribution in [1.29, 1.82) is 0 Å². The molecular weight excluding hydrogens is 406 g/mol. The van der Waals surface area contributed by atoms with E-state index in [4.69, 9.17) is 9.47 Å². The number of aliphatic hydroxyl groups is 1. The number of likely N-dealkylation sites (tertiary alicyclic amines) is 1. The van der Waals surface area contributed by atoms with Crippen molar-refractivity contribution < 1.29 is 24.2 Å². The van der Waals surface area contributed by atoms with Crippen LogP contribution in [0.2, 0.25) is 0 Å². The van der Waals surface area contributed by atoms with Crippen LogP contribution in [-0.4, -0.2) is 47.6 Å². The van der Waals surface area contributed by atoms with Crippen molar-refractivity contribution in [3.05, 3.63) is 83.4 Å². The van der Waals surface area contributed by atoms with E-state index in [1.807, 2.05) is 31.2 Å². The quantitative estimate of drug-likeness (QED) is 0.307. The van der Waals surface area contributed by atoms with E-state index in [1.165, 1.54) is 4.90 Å². The maximum absolute atomic E-state index is 13.1. The summed E-state index contributed by atoms with van der Waals surface area (Å²) in [5.41, 5.74) is 2.39. The van der Waals surface area contributed by atoms with Gasteiger partial charge in [0.25, 0.3) is 11.7 Å². The maximum atomic E-state index is 13.1. The number of aliphatic hydroxyl groups excluding tert-OH is 1. The Bertz CT molecular complexity index is 1030. The zero-order chi connectivity index (χ0) is 22.7. The first-order chi connectivity index (χ1) is 15.5. The third-order valence-corrected chi connectivity index (χ3v) is 5.85. The first-order valence-corrected chi connectivity index (χ1v) is 10.8. The van der Waals surface area contributed by atoms with E-state index in [0.29, 0.717) is 31.1 Å². The van der Waals surface area contributed by atoms with Crippen molar-refractivity contribution in [2.75, 3.05) is 19.8 Å². The highest BCUT2D eigenvalue weighted by Gasteiger charge is 2.47. The third-order valence-electron chi connectivity index (χ3n) is 5.85. The largest absolute Gasteiger partial charge is 0.507 e. The van der Waals surface area contributed by atoms with E-state index in [-0.39, 0.29) is 17.4 Å². The molecule has 2 aromatic rings. The predicted molar refractivity (Wildman–Crippen MR) is 121 cm³/mol. The van der Waals surface area contributed by atoms with Crippen LogP contribution in [0.4, 0.5) is 0 Å². The summed E-state index contributed by atoms with van der Waals surface area (Å²) in [6.07, 6.45) is 3.31. The average Bonchev–Trinajstić information content (AvgIpc) is 3.41. The zero-order valence-electron chi connectivity index (χ0n) is 18.1. The molecule has 2 fully saturated rings. The molecule has 0 spiro atoms. The Balaban J connectivity index is 1.74. The van der Waals surface area contributed by atoms with Gasteiger partial charge in [-0.15, -0.1) is 0 Å². The zero-order valence-corrected chi connectivity index (χ0v) is 18.1. The van der Waals surface area contributed by atoms with Crippen molar-refractivity contribution in [3.8, 4) is 5.75 Å². The summed E-state index contributed by atoms with van der Waals surface area (Å²) in [5, 5.41) is 11.1. The Morgan fingerprint density at radius 3 is 2.53 bits per heavy atom.